The zero-order valence-corrected chi connectivity index (χ0v) is 14.2. The predicted octanol–water partition coefficient (Wildman–Crippen LogP) is 3.30. The molecule has 2 aromatic rings. The molecule has 1 amide bonds. The summed E-state index contributed by atoms with van der Waals surface area (Å²) in [5.74, 6) is -0.339. The molecule has 1 aromatic carbocycles. The Balaban J connectivity index is 2.03. The van der Waals surface area contributed by atoms with E-state index in [1.54, 1.807) is 42.7 Å². The minimum atomic E-state index is -1.48. The van der Waals surface area contributed by atoms with Crippen LogP contribution in [0.3, 0.4) is 0 Å². The quantitative estimate of drug-likeness (QED) is 0.897. The normalized spacial score (nSPS) is 20.5. The van der Waals surface area contributed by atoms with E-state index in [9.17, 15) is 9.90 Å². The lowest BCUT2D eigenvalue weighted by molar-refractivity contribution is -0.0766. The number of amides is 1. The lowest BCUT2D eigenvalue weighted by Crippen LogP contribution is -2.43. The number of pyridine rings is 1. The van der Waals surface area contributed by atoms with Gasteiger partial charge in [0, 0.05) is 40.1 Å². The van der Waals surface area contributed by atoms with E-state index in [1.807, 2.05) is 13.0 Å². The number of hydrogen-bond acceptors (Lipinski definition) is 4. The van der Waals surface area contributed by atoms with Crippen LogP contribution in [-0.4, -0.2) is 26.7 Å². The van der Waals surface area contributed by atoms with Crippen LogP contribution >= 0.6 is 15.9 Å². The molecule has 0 unspecified atom stereocenters. The van der Waals surface area contributed by atoms with Gasteiger partial charge in [-0.15, -0.1) is 0 Å². The van der Waals surface area contributed by atoms with Gasteiger partial charge >= 0.3 is 0 Å². The van der Waals surface area contributed by atoms with Crippen LogP contribution in [0.5, 0.6) is 0 Å². The van der Waals surface area contributed by atoms with Gasteiger partial charge in [-0.1, -0.05) is 28.9 Å². The summed E-state index contributed by atoms with van der Waals surface area (Å²) in [6.07, 6.45) is 4.17. The maximum Gasteiger partial charge on any atom is 0.276 e. The van der Waals surface area contributed by atoms with Crippen LogP contribution in [0.15, 0.2) is 58.4 Å². The molecule has 1 atom stereocenters. The van der Waals surface area contributed by atoms with E-state index in [0.717, 1.165) is 10.2 Å². The first-order valence-electron chi connectivity index (χ1n) is 7.34. The first-order valence-corrected chi connectivity index (χ1v) is 8.13. The van der Waals surface area contributed by atoms with Gasteiger partial charge in [0.25, 0.3) is 5.91 Å². The van der Waals surface area contributed by atoms with Crippen molar-refractivity contribution < 1.29 is 9.90 Å². The number of hydrazone groups is 1. The van der Waals surface area contributed by atoms with Gasteiger partial charge in [-0.05, 0) is 36.8 Å². The van der Waals surface area contributed by atoms with E-state index in [2.05, 4.69) is 26.0 Å². The molecule has 1 N–H and O–H groups in total. The van der Waals surface area contributed by atoms with Crippen molar-refractivity contribution in [3.63, 3.8) is 0 Å². The molecule has 23 heavy (non-hydrogen) atoms. The maximum atomic E-state index is 12.9. The third kappa shape index (κ3) is 2.92. The average Bonchev–Trinajstić information content (AvgIpc) is 2.93. The summed E-state index contributed by atoms with van der Waals surface area (Å²) in [7, 11) is 0. The number of hydrogen-bond donors (Lipinski definition) is 1. The Kier molecular flexibility index (Phi) is 4.28. The molecule has 118 valence electrons. The summed E-state index contributed by atoms with van der Waals surface area (Å²) in [4.78, 5) is 16.8. The van der Waals surface area contributed by atoms with Gasteiger partial charge in [-0.3, -0.25) is 9.78 Å². The molecule has 0 spiro atoms. The Bertz CT molecular complexity index is 763. The SMILES string of the molecule is CCC1=NN(C(=O)c2cccc(Br)c2)[C@](O)(c2ccncc2)C1. The fraction of sp³-hybridized carbons (Fsp3) is 0.235. The molecular formula is C17H16BrN3O2. The van der Waals surface area contributed by atoms with Crippen molar-refractivity contribution in [2.45, 2.75) is 25.5 Å². The van der Waals surface area contributed by atoms with Crippen LogP contribution in [0.4, 0.5) is 0 Å². The summed E-state index contributed by atoms with van der Waals surface area (Å²) in [5, 5.41) is 16.7. The van der Waals surface area contributed by atoms with Crippen LogP contribution in [0.2, 0.25) is 0 Å². The summed E-state index contributed by atoms with van der Waals surface area (Å²) >= 11 is 3.36. The van der Waals surface area contributed by atoms with E-state index in [4.69, 9.17) is 0 Å². The largest absolute Gasteiger partial charge is 0.365 e. The summed E-state index contributed by atoms with van der Waals surface area (Å²) in [6.45, 7) is 1.96. The van der Waals surface area contributed by atoms with E-state index in [-0.39, 0.29) is 5.91 Å². The summed E-state index contributed by atoms with van der Waals surface area (Å²) < 4.78 is 0.801. The van der Waals surface area contributed by atoms with Crippen molar-refractivity contribution in [3.8, 4) is 0 Å². The standard InChI is InChI=1S/C17H16BrN3O2/c1-2-15-11-17(23,13-6-8-19-9-7-13)21(20-15)16(22)12-4-3-5-14(18)10-12/h3-10,23H,2,11H2,1H3/t17-/m1/s1. The topological polar surface area (TPSA) is 65.8 Å². The minimum Gasteiger partial charge on any atom is -0.365 e. The highest BCUT2D eigenvalue weighted by molar-refractivity contribution is 9.10. The first kappa shape index (κ1) is 15.8. The molecule has 6 heteroatoms. The van der Waals surface area contributed by atoms with Gasteiger partial charge in [0.15, 0.2) is 5.72 Å². The Morgan fingerprint density at radius 1 is 1.35 bits per heavy atom. The highest BCUT2D eigenvalue weighted by atomic mass is 79.9. The molecule has 0 aliphatic carbocycles. The van der Waals surface area contributed by atoms with Crippen molar-refractivity contribution in [1.29, 1.82) is 0 Å². The lowest BCUT2D eigenvalue weighted by atomic mass is 9.97. The molecule has 1 aliphatic heterocycles. The fourth-order valence-corrected chi connectivity index (χ4v) is 3.01. The summed E-state index contributed by atoms with van der Waals surface area (Å²) in [5.41, 5.74) is 0.372. The van der Waals surface area contributed by atoms with E-state index >= 15 is 0 Å². The number of aliphatic hydroxyl groups is 1. The molecule has 1 aliphatic rings. The van der Waals surface area contributed by atoms with Crippen LogP contribution in [0.25, 0.3) is 0 Å². The van der Waals surface area contributed by atoms with E-state index in [1.165, 1.54) is 5.01 Å². The zero-order chi connectivity index (χ0) is 16.4. The monoisotopic (exact) mass is 373 g/mol. The highest BCUT2D eigenvalue weighted by Crippen LogP contribution is 2.36. The van der Waals surface area contributed by atoms with Crippen molar-refractivity contribution >= 4 is 27.5 Å². The molecule has 2 heterocycles. The third-order valence-corrected chi connectivity index (χ3v) is 4.35. The summed E-state index contributed by atoms with van der Waals surface area (Å²) in [6, 6.07) is 10.5. The Labute approximate surface area is 142 Å². The van der Waals surface area contributed by atoms with Gasteiger partial charge in [-0.25, -0.2) is 0 Å². The molecule has 0 fully saturated rings. The molecule has 5 nitrogen and oxygen atoms in total. The maximum absolute atomic E-state index is 12.9. The van der Waals surface area contributed by atoms with Crippen molar-refractivity contribution in [1.82, 2.24) is 9.99 Å². The second-order valence-corrected chi connectivity index (χ2v) is 6.29. The first-order chi connectivity index (χ1) is 11.0. The predicted molar refractivity (Wildman–Crippen MR) is 90.8 cm³/mol. The van der Waals surface area contributed by atoms with Gasteiger partial charge in [-0.2, -0.15) is 10.1 Å². The molecule has 0 bridgehead atoms. The number of aromatic nitrogens is 1. The van der Waals surface area contributed by atoms with Gasteiger partial charge in [0.1, 0.15) is 0 Å². The van der Waals surface area contributed by atoms with Crippen LogP contribution in [0, 0.1) is 0 Å². The number of carbonyl (C=O) groups excluding carboxylic acids is 1. The number of nitrogens with zero attached hydrogens (tertiary/aromatic N) is 3. The van der Waals surface area contributed by atoms with Crippen molar-refractivity contribution in [2.75, 3.05) is 0 Å². The second kappa shape index (κ2) is 6.22. The Hall–Kier alpha value is -2.05. The third-order valence-electron chi connectivity index (χ3n) is 3.86. The molecule has 0 radical (unpaired) electrons. The lowest BCUT2D eigenvalue weighted by Gasteiger charge is -2.31. The van der Waals surface area contributed by atoms with Crippen molar-refractivity contribution in [3.05, 3.63) is 64.4 Å². The number of carbonyl (C=O) groups is 1. The average molecular weight is 374 g/mol. The Morgan fingerprint density at radius 2 is 2.09 bits per heavy atom. The van der Waals surface area contributed by atoms with Gasteiger partial charge in [0.05, 0.1) is 0 Å². The van der Waals surface area contributed by atoms with Gasteiger partial charge < -0.3 is 5.11 Å². The minimum absolute atomic E-state index is 0.299. The van der Waals surface area contributed by atoms with Crippen LogP contribution < -0.4 is 0 Å². The second-order valence-electron chi connectivity index (χ2n) is 5.38. The smallest absolute Gasteiger partial charge is 0.276 e. The zero-order valence-electron chi connectivity index (χ0n) is 12.6. The van der Waals surface area contributed by atoms with Crippen LogP contribution in [0.1, 0.15) is 35.7 Å². The number of halogens is 1. The number of benzene rings is 1. The molecule has 3 rings (SSSR count). The fourth-order valence-electron chi connectivity index (χ4n) is 2.62. The number of rotatable bonds is 3. The molecule has 1 aromatic heterocycles. The van der Waals surface area contributed by atoms with E-state index < -0.39 is 5.72 Å². The van der Waals surface area contributed by atoms with Crippen LogP contribution in [-0.2, 0) is 5.72 Å². The van der Waals surface area contributed by atoms with Crippen molar-refractivity contribution in [2.24, 2.45) is 5.10 Å². The highest BCUT2D eigenvalue weighted by Gasteiger charge is 2.45. The Morgan fingerprint density at radius 3 is 2.74 bits per heavy atom. The van der Waals surface area contributed by atoms with E-state index in [0.29, 0.717) is 24.0 Å². The molecule has 0 saturated heterocycles. The molecular weight excluding hydrogens is 358 g/mol. The molecule has 0 saturated carbocycles. The van der Waals surface area contributed by atoms with Gasteiger partial charge in [0.2, 0.25) is 0 Å².